The van der Waals surface area contributed by atoms with Gasteiger partial charge in [0.15, 0.2) is 0 Å². The van der Waals surface area contributed by atoms with Crippen LogP contribution in [-0.2, 0) is 0 Å². The fourth-order valence-electron chi connectivity index (χ4n) is 4.78. The van der Waals surface area contributed by atoms with E-state index in [1.54, 1.807) is 36.1 Å². The Hall–Kier alpha value is -3.63. The van der Waals surface area contributed by atoms with Gasteiger partial charge >= 0.3 is 0 Å². The fraction of sp³-hybridized carbons (Fsp3) is 0.346. The van der Waals surface area contributed by atoms with Crippen LogP contribution in [0.15, 0.2) is 49.1 Å². The van der Waals surface area contributed by atoms with Crippen molar-refractivity contribution in [2.24, 2.45) is 5.41 Å². The second kappa shape index (κ2) is 9.11. The number of rotatable bonds is 7. The first kappa shape index (κ1) is 22.8. The van der Waals surface area contributed by atoms with Crippen molar-refractivity contribution in [3.8, 4) is 10.6 Å². The second-order valence-electron chi connectivity index (χ2n) is 9.71. The number of pyridine rings is 2. The molecule has 10 heteroatoms. The van der Waals surface area contributed by atoms with Crippen molar-refractivity contribution in [3.05, 3.63) is 65.9 Å². The maximum absolute atomic E-state index is 13.1. The Labute approximate surface area is 212 Å². The van der Waals surface area contributed by atoms with Crippen LogP contribution in [-0.4, -0.2) is 62.5 Å². The average Bonchev–Trinajstić information content (AvgIpc) is 3.18. The first-order valence-electron chi connectivity index (χ1n) is 12.2. The van der Waals surface area contributed by atoms with Crippen LogP contribution < -0.4 is 10.6 Å². The standard InChI is InChI=1S/C26H27N7O2S/c1-17-21(12-18(13-29-17)23(34)28-9-11-32-10-7-26(16-32)5-6-26)31-24(35)19-14-30-33-15-22(36-25(19)33)20-4-2-3-8-27-20/h2-4,8,12-15H,5-7,9-11,16H2,1H3,(H,28,34)(H,31,35). The van der Waals surface area contributed by atoms with Gasteiger partial charge < -0.3 is 15.5 Å². The normalized spacial score (nSPS) is 16.5. The number of hydrogen-bond donors (Lipinski definition) is 2. The number of hydrogen-bond acceptors (Lipinski definition) is 7. The third kappa shape index (κ3) is 4.49. The smallest absolute Gasteiger partial charge is 0.260 e. The summed E-state index contributed by atoms with van der Waals surface area (Å²) in [6.45, 7) is 5.52. The summed E-state index contributed by atoms with van der Waals surface area (Å²) in [6.07, 6.45) is 10.7. The number of thiazole rings is 1. The molecule has 2 fully saturated rings. The summed E-state index contributed by atoms with van der Waals surface area (Å²) in [5.74, 6) is -0.491. The average molecular weight is 502 g/mol. The largest absolute Gasteiger partial charge is 0.351 e. The van der Waals surface area contributed by atoms with Gasteiger partial charge in [0.05, 0.1) is 39.3 Å². The van der Waals surface area contributed by atoms with Crippen LogP contribution in [0.2, 0.25) is 0 Å². The maximum Gasteiger partial charge on any atom is 0.260 e. The first-order chi connectivity index (χ1) is 17.5. The molecule has 4 aromatic heterocycles. The van der Waals surface area contributed by atoms with E-state index in [0.29, 0.717) is 34.5 Å². The Morgan fingerprint density at radius 2 is 2.03 bits per heavy atom. The number of carbonyl (C=O) groups excluding carboxylic acids is 2. The molecule has 36 heavy (non-hydrogen) atoms. The third-order valence-electron chi connectivity index (χ3n) is 7.14. The summed E-state index contributed by atoms with van der Waals surface area (Å²) < 4.78 is 1.68. The van der Waals surface area contributed by atoms with E-state index < -0.39 is 0 Å². The van der Waals surface area contributed by atoms with E-state index in [2.05, 4.69) is 30.6 Å². The second-order valence-corrected chi connectivity index (χ2v) is 10.7. The zero-order chi connectivity index (χ0) is 24.7. The molecule has 1 saturated heterocycles. The third-order valence-corrected chi connectivity index (χ3v) is 8.28. The molecule has 2 amide bonds. The molecule has 0 atom stereocenters. The minimum atomic E-state index is -0.301. The van der Waals surface area contributed by atoms with E-state index in [9.17, 15) is 9.59 Å². The molecule has 1 spiro atoms. The Bertz CT molecular complexity index is 1440. The SMILES string of the molecule is Cc1ncc(C(=O)NCCN2CCC3(CC3)C2)cc1NC(=O)c1cnn2cc(-c3ccccn3)sc12. The molecule has 1 aliphatic heterocycles. The number of carbonyl (C=O) groups is 2. The lowest BCUT2D eigenvalue weighted by atomic mass is 10.1. The number of nitrogens with zero attached hydrogens (tertiary/aromatic N) is 5. The number of anilines is 1. The zero-order valence-electron chi connectivity index (χ0n) is 20.0. The number of nitrogens with one attached hydrogen (secondary N) is 2. The lowest BCUT2D eigenvalue weighted by molar-refractivity contribution is 0.0947. The van der Waals surface area contributed by atoms with Gasteiger partial charge in [-0.3, -0.25) is 19.6 Å². The number of likely N-dealkylation sites (tertiary alicyclic amines) is 1. The van der Waals surface area contributed by atoms with E-state index in [4.69, 9.17) is 0 Å². The molecule has 184 valence electrons. The van der Waals surface area contributed by atoms with Crippen molar-refractivity contribution < 1.29 is 9.59 Å². The molecule has 4 aromatic rings. The van der Waals surface area contributed by atoms with Gasteiger partial charge in [0.25, 0.3) is 11.8 Å². The summed E-state index contributed by atoms with van der Waals surface area (Å²) in [6, 6.07) is 7.39. The predicted molar refractivity (Wildman–Crippen MR) is 138 cm³/mol. The number of aryl methyl sites for hydroxylation is 1. The molecule has 0 bridgehead atoms. The molecule has 2 aliphatic rings. The fourth-order valence-corrected chi connectivity index (χ4v) is 5.81. The number of amides is 2. The van der Waals surface area contributed by atoms with Gasteiger partial charge in [-0.1, -0.05) is 6.07 Å². The van der Waals surface area contributed by atoms with Crippen LogP contribution in [0.5, 0.6) is 0 Å². The van der Waals surface area contributed by atoms with Crippen LogP contribution in [0, 0.1) is 12.3 Å². The van der Waals surface area contributed by atoms with E-state index in [1.165, 1.54) is 30.6 Å². The van der Waals surface area contributed by atoms with Crippen molar-refractivity contribution >= 4 is 33.7 Å². The lowest BCUT2D eigenvalue weighted by Crippen LogP contribution is -2.34. The van der Waals surface area contributed by atoms with Gasteiger partial charge in [-0.2, -0.15) is 5.10 Å². The highest BCUT2D eigenvalue weighted by atomic mass is 32.1. The van der Waals surface area contributed by atoms with Crippen LogP contribution in [0.25, 0.3) is 15.4 Å². The van der Waals surface area contributed by atoms with Crippen molar-refractivity contribution in [2.45, 2.75) is 26.2 Å². The van der Waals surface area contributed by atoms with Crippen molar-refractivity contribution in [1.82, 2.24) is 29.8 Å². The Morgan fingerprint density at radius 3 is 2.81 bits per heavy atom. The van der Waals surface area contributed by atoms with E-state index in [0.717, 1.165) is 35.0 Å². The van der Waals surface area contributed by atoms with Gasteiger partial charge in [-0.15, -0.1) is 11.3 Å². The van der Waals surface area contributed by atoms with Gasteiger partial charge in [0, 0.05) is 38.2 Å². The molecule has 0 aromatic carbocycles. The monoisotopic (exact) mass is 501 g/mol. The number of aromatic nitrogens is 4. The molecule has 6 rings (SSSR count). The molecule has 0 unspecified atom stereocenters. The molecule has 1 saturated carbocycles. The zero-order valence-corrected chi connectivity index (χ0v) is 20.8. The van der Waals surface area contributed by atoms with Crippen LogP contribution in [0.3, 0.4) is 0 Å². The van der Waals surface area contributed by atoms with Gasteiger partial charge in [0.2, 0.25) is 0 Å². The lowest BCUT2D eigenvalue weighted by Gasteiger charge is -2.16. The van der Waals surface area contributed by atoms with Crippen molar-refractivity contribution in [1.29, 1.82) is 0 Å². The highest BCUT2D eigenvalue weighted by Crippen LogP contribution is 2.52. The summed E-state index contributed by atoms with van der Waals surface area (Å²) in [5.41, 5.74) is 3.43. The summed E-state index contributed by atoms with van der Waals surface area (Å²) in [7, 11) is 0. The minimum absolute atomic E-state index is 0.190. The Balaban J connectivity index is 1.12. The van der Waals surface area contributed by atoms with E-state index >= 15 is 0 Å². The highest BCUT2D eigenvalue weighted by Gasteiger charge is 2.47. The molecule has 1 aliphatic carbocycles. The molecule has 0 radical (unpaired) electrons. The van der Waals surface area contributed by atoms with E-state index in [-0.39, 0.29) is 11.8 Å². The Morgan fingerprint density at radius 1 is 1.14 bits per heavy atom. The van der Waals surface area contributed by atoms with E-state index in [1.807, 2.05) is 24.4 Å². The molecule has 9 nitrogen and oxygen atoms in total. The molecule has 5 heterocycles. The van der Waals surface area contributed by atoms with Gasteiger partial charge in [-0.05, 0) is 56.3 Å². The number of fused-ring (bicyclic) bond motifs is 1. The Kier molecular flexibility index (Phi) is 5.77. The summed E-state index contributed by atoms with van der Waals surface area (Å²) >= 11 is 1.45. The molecular weight excluding hydrogens is 474 g/mol. The van der Waals surface area contributed by atoms with Gasteiger partial charge in [0.1, 0.15) is 4.83 Å². The van der Waals surface area contributed by atoms with Crippen LogP contribution in [0.4, 0.5) is 5.69 Å². The summed E-state index contributed by atoms with van der Waals surface area (Å²) in [4.78, 5) is 38.7. The topological polar surface area (TPSA) is 105 Å². The van der Waals surface area contributed by atoms with Crippen molar-refractivity contribution in [3.63, 3.8) is 0 Å². The van der Waals surface area contributed by atoms with Crippen LogP contribution >= 0.6 is 11.3 Å². The first-order valence-corrected chi connectivity index (χ1v) is 13.0. The molecular formula is C26H27N7O2S. The van der Waals surface area contributed by atoms with Gasteiger partial charge in [-0.25, -0.2) is 4.52 Å². The molecule has 2 N–H and O–H groups in total. The van der Waals surface area contributed by atoms with Crippen LogP contribution in [0.1, 0.15) is 45.7 Å². The predicted octanol–water partition coefficient (Wildman–Crippen LogP) is 3.63. The summed E-state index contributed by atoms with van der Waals surface area (Å²) in [5, 5.41) is 10.2. The maximum atomic E-state index is 13.1. The quantitative estimate of drug-likeness (QED) is 0.401. The highest BCUT2D eigenvalue weighted by molar-refractivity contribution is 7.21. The van der Waals surface area contributed by atoms with Crippen molar-refractivity contribution in [2.75, 3.05) is 31.5 Å². The minimum Gasteiger partial charge on any atom is -0.351 e.